The molecule has 5 heteroatoms. The molecule has 1 heterocycles. The third-order valence-electron chi connectivity index (χ3n) is 3.87. The smallest absolute Gasteiger partial charge is 0.267 e. The molecule has 4 nitrogen and oxygen atoms in total. The van der Waals surface area contributed by atoms with Crippen molar-refractivity contribution in [2.24, 2.45) is 0 Å². The number of carbonyl (C=O) groups is 2. The fourth-order valence-corrected chi connectivity index (χ4v) is 2.68. The lowest BCUT2D eigenvalue weighted by molar-refractivity contribution is -0.117. The standard InChI is InChI=1S/C19H17ClN2O2/c1-12(2)14-8-6-13(7-9-14)10-17-18(23)21-22(19(17)24)16-5-3-4-15(20)11-16/h3-12H,1-2H3,(H,21,23). The van der Waals surface area contributed by atoms with Crippen molar-refractivity contribution < 1.29 is 9.59 Å². The van der Waals surface area contributed by atoms with Crippen molar-refractivity contribution in [3.05, 3.63) is 70.3 Å². The summed E-state index contributed by atoms with van der Waals surface area (Å²) in [7, 11) is 0. The van der Waals surface area contributed by atoms with E-state index >= 15 is 0 Å². The van der Waals surface area contributed by atoms with Crippen molar-refractivity contribution in [2.75, 3.05) is 5.01 Å². The normalized spacial score (nSPS) is 16.2. The molecular weight excluding hydrogens is 324 g/mol. The van der Waals surface area contributed by atoms with Crippen molar-refractivity contribution >= 4 is 35.2 Å². The van der Waals surface area contributed by atoms with Crippen molar-refractivity contribution in [3.63, 3.8) is 0 Å². The maximum absolute atomic E-state index is 12.5. The Morgan fingerprint density at radius 1 is 1.08 bits per heavy atom. The molecule has 1 N–H and O–H groups in total. The lowest BCUT2D eigenvalue weighted by Crippen LogP contribution is -2.35. The van der Waals surface area contributed by atoms with Crippen LogP contribution in [0.5, 0.6) is 0 Å². The van der Waals surface area contributed by atoms with Crippen LogP contribution in [0.2, 0.25) is 5.02 Å². The van der Waals surface area contributed by atoms with Gasteiger partial charge in [0.1, 0.15) is 5.57 Å². The molecule has 2 aromatic rings. The van der Waals surface area contributed by atoms with Crippen LogP contribution in [-0.4, -0.2) is 11.8 Å². The number of nitrogens with zero attached hydrogens (tertiary/aromatic N) is 1. The zero-order valence-corrected chi connectivity index (χ0v) is 14.2. The van der Waals surface area contributed by atoms with Crippen LogP contribution in [0.3, 0.4) is 0 Å². The van der Waals surface area contributed by atoms with Crippen molar-refractivity contribution in [2.45, 2.75) is 19.8 Å². The van der Waals surface area contributed by atoms with Gasteiger partial charge in [-0.25, -0.2) is 5.01 Å². The molecule has 24 heavy (non-hydrogen) atoms. The summed E-state index contributed by atoms with van der Waals surface area (Å²) in [6, 6.07) is 14.6. The second-order valence-corrected chi connectivity index (χ2v) is 6.38. The Hall–Kier alpha value is -2.59. The number of carbonyl (C=O) groups excluding carboxylic acids is 2. The fourth-order valence-electron chi connectivity index (χ4n) is 2.50. The number of halogens is 1. The third-order valence-corrected chi connectivity index (χ3v) is 4.11. The predicted octanol–water partition coefficient (Wildman–Crippen LogP) is 3.92. The number of anilines is 1. The summed E-state index contributed by atoms with van der Waals surface area (Å²) in [5, 5.41) is 1.71. The van der Waals surface area contributed by atoms with Gasteiger partial charge in [-0.05, 0) is 41.3 Å². The number of amides is 2. The summed E-state index contributed by atoms with van der Waals surface area (Å²) in [5.41, 5.74) is 5.22. The van der Waals surface area contributed by atoms with Gasteiger partial charge in [0.15, 0.2) is 0 Å². The molecule has 0 bridgehead atoms. The number of nitrogens with one attached hydrogen (secondary N) is 1. The van der Waals surface area contributed by atoms with Gasteiger partial charge in [0.05, 0.1) is 5.69 Å². The predicted molar refractivity (Wildman–Crippen MR) is 95.6 cm³/mol. The van der Waals surface area contributed by atoms with Gasteiger partial charge >= 0.3 is 0 Å². The number of benzene rings is 2. The van der Waals surface area contributed by atoms with Gasteiger partial charge < -0.3 is 0 Å². The van der Waals surface area contributed by atoms with E-state index in [1.165, 1.54) is 10.6 Å². The van der Waals surface area contributed by atoms with E-state index in [9.17, 15) is 9.59 Å². The van der Waals surface area contributed by atoms with Crippen LogP contribution in [0.15, 0.2) is 54.1 Å². The zero-order chi connectivity index (χ0) is 17.3. The maximum atomic E-state index is 12.5. The molecule has 0 aromatic heterocycles. The Labute approximate surface area is 145 Å². The van der Waals surface area contributed by atoms with Gasteiger partial charge in [-0.15, -0.1) is 0 Å². The Morgan fingerprint density at radius 2 is 1.79 bits per heavy atom. The largest absolute Gasteiger partial charge is 0.282 e. The Kier molecular flexibility index (Phi) is 4.40. The fraction of sp³-hybridized carbons (Fsp3) is 0.158. The number of hydrogen-bond donors (Lipinski definition) is 1. The highest BCUT2D eigenvalue weighted by Crippen LogP contribution is 2.24. The molecule has 3 rings (SSSR count). The molecule has 0 radical (unpaired) electrons. The summed E-state index contributed by atoms with van der Waals surface area (Å²) >= 11 is 5.95. The molecule has 1 aliphatic heterocycles. The van der Waals surface area contributed by atoms with E-state index in [1.807, 2.05) is 24.3 Å². The minimum absolute atomic E-state index is 0.104. The first-order chi connectivity index (χ1) is 11.5. The van der Waals surface area contributed by atoms with E-state index in [0.29, 0.717) is 16.6 Å². The number of hydrogen-bond acceptors (Lipinski definition) is 2. The number of hydrazine groups is 1. The maximum Gasteiger partial charge on any atom is 0.282 e. The SMILES string of the molecule is CC(C)c1ccc(C=C2C(=O)NN(c3cccc(Cl)c3)C2=O)cc1. The van der Waals surface area contributed by atoms with Gasteiger partial charge in [0.2, 0.25) is 0 Å². The first-order valence-electron chi connectivity index (χ1n) is 7.68. The quantitative estimate of drug-likeness (QED) is 0.680. The molecule has 122 valence electrons. The van der Waals surface area contributed by atoms with E-state index in [2.05, 4.69) is 19.3 Å². The van der Waals surface area contributed by atoms with Gasteiger partial charge in [-0.1, -0.05) is 55.8 Å². The Bertz CT molecular complexity index is 826. The van der Waals surface area contributed by atoms with Gasteiger partial charge in [-0.3, -0.25) is 15.0 Å². The summed E-state index contributed by atoms with van der Waals surface area (Å²) in [6.07, 6.45) is 1.60. The molecule has 1 saturated heterocycles. The monoisotopic (exact) mass is 340 g/mol. The lowest BCUT2D eigenvalue weighted by atomic mass is 10.0. The molecule has 1 aliphatic rings. The molecule has 0 spiro atoms. The van der Waals surface area contributed by atoms with Crippen molar-refractivity contribution in [1.82, 2.24) is 5.43 Å². The average Bonchev–Trinajstić information content (AvgIpc) is 2.83. The van der Waals surface area contributed by atoms with Crippen LogP contribution in [0.1, 0.15) is 30.9 Å². The summed E-state index contributed by atoms with van der Waals surface area (Å²) in [5.74, 6) is -0.385. The van der Waals surface area contributed by atoms with Gasteiger partial charge in [0, 0.05) is 5.02 Å². The highest BCUT2D eigenvalue weighted by molar-refractivity contribution is 6.33. The van der Waals surface area contributed by atoms with Crippen LogP contribution < -0.4 is 10.4 Å². The molecule has 2 amide bonds. The van der Waals surface area contributed by atoms with Crippen LogP contribution in [0.25, 0.3) is 6.08 Å². The van der Waals surface area contributed by atoms with Crippen LogP contribution in [-0.2, 0) is 9.59 Å². The zero-order valence-electron chi connectivity index (χ0n) is 13.4. The van der Waals surface area contributed by atoms with Gasteiger partial charge in [0.25, 0.3) is 11.8 Å². The van der Waals surface area contributed by atoms with E-state index in [0.717, 1.165) is 5.56 Å². The molecule has 0 saturated carbocycles. The first kappa shape index (κ1) is 16.3. The van der Waals surface area contributed by atoms with Crippen LogP contribution in [0.4, 0.5) is 5.69 Å². The minimum Gasteiger partial charge on any atom is -0.267 e. The van der Waals surface area contributed by atoms with Crippen LogP contribution >= 0.6 is 11.6 Å². The number of rotatable bonds is 3. The minimum atomic E-state index is -0.423. The highest BCUT2D eigenvalue weighted by Gasteiger charge is 2.34. The molecule has 0 unspecified atom stereocenters. The Balaban J connectivity index is 1.88. The molecule has 2 aromatic carbocycles. The lowest BCUT2D eigenvalue weighted by Gasteiger charge is -2.14. The van der Waals surface area contributed by atoms with E-state index in [1.54, 1.807) is 30.3 Å². The van der Waals surface area contributed by atoms with E-state index < -0.39 is 11.8 Å². The summed E-state index contributed by atoms with van der Waals surface area (Å²) < 4.78 is 0. The van der Waals surface area contributed by atoms with E-state index in [4.69, 9.17) is 11.6 Å². The third kappa shape index (κ3) is 3.19. The van der Waals surface area contributed by atoms with Gasteiger partial charge in [-0.2, -0.15) is 0 Å². The highest BCUT2D eigenvalue weighted by atomic mass is 35.5. The molecule has 0 aliphatic carbocycles. The topological polar surface area (TPSA) is 49.4 Å². The first-order valence-corrected chi connectivity index (χ1v) is 8.06. The summed E-state index contributed by atoms with van der Waals surface area (Å²) in [4.78, 5) is 24.7. The van der Waals surface area contributed by atoms with E-state index in [-0.39, 0.29) is 5.57 Å². The molecule has 1 fully saturated rings. The average molecular weight is 341 g/mol. The molecule has 0 atom stereocenters. The van der Waals surface area contributed by atoms with Crippen LogP contribution in [0, 0.1) is 0 Å². The summed E-state index contributed by atoms with van der Waals surface area (Å²) in [6.45, 7) is 4.23. The second-order valence-electron chi connectivity index (χ2n) is 5.94. The molecular formula is C19H17ClN2O2. The second kappa shape index (κ2) is 6.49. The van der Waals surface area contributed by atoms with Crippen molar-refractivity contribution in [3.8, 4) is 0 Å². The van der Waals surface area contributed by atoms with Crippen molar-refractivity contribution in [1.29, 1.82) is 0 Å². The Morgan fingerprint density at radius 3 is 2.42 bits per heavy atom.